The first kappa shape index (κ1) is 28.5. The Morgan fingerprint density at radius 2 is 1.52 bits per heavy atom. The van der Waals surface area contributed by atoms with Crippen molar-refractivity contribution in [2.45, 2.75) is 45.4 Å². The van der Waals surface area contributed by atoms with Gasteiger partial charge < -0.3 is 22.2 Å². The van der Waals surface area contributed by atoms with Crippen molar-refractivity contribution < 1.29 is 31.8 Å². The van der Waals surface area contributed by atoms with Gasteiger partial charge in [0.15, 0.2) is 0 Å². The van der Waals surface area contributed by atoms with Gasteiger partial charge in [0.25, 0.3) is 5.91 Å². The van der Waals surface area contributed by atoms with Crippen molar-refractivity contribution in [1.82, 2.24) is 5.06 Å². The number of amides is 1. The maximum Gasteiger partial charge on any atom is 0.329 e. The van der Waals surface area contributed by atoms with Gasteiger partial charge in [0, 0.05) is 38.5 Å². The van der Waals surface area contributed by atoms with E-state index in [0.29, 0.717) is 39.2 Å². The summed E-state index contributed by atoms with van der Waals surface area (Å²) in [4.78, 5) is 36.6. The molecule has 1 heterocycles. The molecular weight excluding hydrogens is 438 g/mol. The fourth-order valence-electron chi connectivity index (χ4n) is 2.76. The predicted molar refractivity (Wildman–Crippen MR) is 118 cm³/mol. The number of hydrogen-bond donors (Lipinski definition) is 0. The molecule has 0 spiro atoms. The van der Waals surface area contributed by atoms with E-state index in [2.05, 4.69) is 4.84 Å². The van der Waals surface area contributed by atoms with Crippen molar-refractivity contribution >= 4 is 54.3 Å². The molecule has 0 unspecified atom stereocenters. The van der Waals surface area contributed by atoms with E-state index in [1.54, 1.807) is 0 Å². The van der Waals surface area contributed by atoms with Gasteiger partial charge in [0.2, 0.25) is 0 Å². The molecule has 1 aliphatic rings. The van der Waals surface area contributed by atoms with Gasteiger partial charge in [-0.2, -0.15) is 5.06 Å². The van der Waals surface area contributed by atoms with Crippen LogP contribution in [-0.4, -0.2) is 68.4 Å². The standard InChI is InChI=1S/C12H24O4S3.C6H9NO3/c1-17-14-9-5-12(4-8-13,6-10-15-18-2)7-11-16-19-3;1-5(8)10-7-4-2-3-6(7)9/h8H,4-7,9-11H2,1-3H3;2-4H2,1H3. The van der Waals surface area contributed by atoms with E-state index in [-0.39, 0.29) is 11.3 Å². The zero-order chi connectivity index (χ0) is 22.0. The summed E-state index contributed by atoms with van der Waals surface area (Å²) in [5, 5.41) is 1.11. The third-order valence-electron chi connectivity index (χ3n) is 4.29. The molecule has 1 rings (SSSR count). The van der Waals surface area contributed by atoms with Crippen LogP contribution in [0.15, 0.2) is 0 Å². The predicted octanol–water partition coefficient (Wildman–Crippen LogP) is 3.70. The lowest BCUT2D eigenvalue weighted by molar-refractivity contribution is -0.190. The number of carbonyl (C=O) groups excluding carboxylic acids is 3. The molecule has 8 nitrogen and oxygen atoms in total. The molecule has 29 heavy (non-hydrogen) atoms. The molecule has 1 fully saturated rings. The highest BCUT2D eigenvalue weighted by Crippen LogP contribution is 2.35. The van der Waals surface area contributed by atoms with E-state index in [1.807, 2.05) is 18.8 Å². The lowest BCUT2D eigenvalue weighted by Crippen LogP contribution is -2.26. The minimum atomic E-state index is -0.435. The number of aldehydes is 1. The van der Waals surface area contributed by atoms with Gasteiger partial charge in [-0.15, -0.1) is 0 Å². The highest BCUT2D eigenvalue weighted by Gasteiger charge is 2.29. The molecule has 0 aromatic heterocycles. The molecule has 1 saturated heterocycles. The van der Waals surface area contributed by atoms with Crippen molar-refractivity contribution in [3.05, 3.63) is 0 Å². The summed E-state index contributed by atoms with van der Waals surface area (Å²) in [7, 11) is 0. The van der Waals surface area contributed by atoms with Gasteiger partial charge in [-0.3, -0.25) is 9.59 Å². The molecule has 0 saturated carbocycles. The summed E-state index contributed by atoms with van der Waals surface area (Å²) in [5.41, 5.74) is -0.0804. The summed E-state index contributed by atoms with van der Waals surface area (Å²) in [5.74, 6) is -0.537. The van der Waals surface area contributed by atoms with Gasteiger partial charge in [0.1, 0.15) is 6.29 Å². The molecule has 1 aliphatic heterocycles. The third-order valence-corrected chi connectivity index (χ3v) is 5.49. The topological polar surface area (TPSA) is 91.4 Å². The average molecular weight is 472 g/mol. The summed E-state index contributed by atoms with van der Waals surface area (Å²) in [6.45, 7) is 3.76. The monoisotopic (exact) mass is 471 g/mol. The fourth-order valence-corrected chi connectivity index (χ4v) is 3.51. The number of hydrogen-bond acceptors (Lipinski definition) is 10. The summed E-state index contributed by atoms with van der Waals surface area (Å²) in [6, 6.07) is 0. The van der Waals surface area contributed by atoms with Crippen LogP contribution in [0, 0.1) is 5.41 Å². The molecule has 0 aromatic carbocycles. The molecular formula is C18H33NO7S3. The molecule has 0 N–H and O–H groups in total. The van der Waals surface area contributed by atoms with Crippen molar-refractivity contribution in [2.24, 2.45) is 5.41 Å². The Labute approximate surface area is 187 Å². The third kappa shape index (κ3) is 14.2. The highest BCUT2D eigenvalue weighted by atomic mass is 32.2. The minimum absolute atomic E-state index is 0.0804. The van der Waals surface area contributed by atoms with Crippen LogP contribution in [0.3, 0.4) is 0 Å². The van der Waals surface area contributed by atoms with Gasteiger partial charge in [-0.05, 0) is 67.2 Å². The first-order chi connectivity index (χ1) is 13.9. The zero-order valence-corrected chi connectivity index (χ0v) is 20.1. The van der Waals surface area contributed by atoms with Gasteiger partial charge in [-0.1, -0.05) is 0 Å². The van der Waals surface area contributed by atoms with Crippen LogP contribution in [-0.2, 0) is 31.8 Å². The van der Waals surface area contributed by atoms with Crippen LogP contribution in [0.25, 0.3) is 0 Å². The fraction of sp³-hybridized carbons (Fsp3) is 0.833. The van der Waals surface area contributed by atoms with Crippen LogP contribution >= 0.6 is 36.1 Å². The Balaban J connectivity index is 0.000000651. The zero-order valence-electron chi connectivity index (χ0n) is 17.7. The number of nitrogens with zero attached hydrogens (tertiary/aromatic N) is 1. The van der Waals surface area contributed by atoms with E-state index in [1.165, 1.54) is 43.1 Å². The molecule has 0 atom stereocenters. The molecule has 0 bridgehead atoms. The average Bonchev–Trinajstić information content (AvgIpc) is 3.07. The normalized spacial score (nSPS) is 13.8. The second-order valence-corrected chi connectivity index (χ2v) is 7.98. The molecule has 0 radical (unpaired) electrons. The maximum atomic E-state index is 11.0. The Morgan fingerprint density at radius 3 is 1.83 bits per heavy atom. The molecule has 170 valence electrons. The van der Waals surface area contributed by atoms with Gasteiger partial charge in [0.05, 0.1) is 26.4 Å². The molecule has 11 heteroatoms. The Hall–Kier alpha value is -0.460. The van der Waals surface area contributed by atoms with E-state index in [4.69, 9.17) is 12.5 Å². The quantitative estimate of drug-likeness (QED) is 0.200. The highest BCUT2D eigenvalue weighted by molar-refractivity contribution is 7.94. The molecule has 0 aliphatic carbocycles. The second-order valence-electron chi connectivity index (χ2n) is 6.27. The van der Waals surface area contributed by atoms with Crippen LogP contribution < -0.4 is 0 Å². The van der Waals surface area contributed by atoms with Gasteiger partial charge in [-0.25, -0.2) is 0 Å². The first-order valence-corrected chi connectivity index (χ1v) is 12.8. The molecule has 0 aromatic rings. The van der Waals surface area contributed by atoms with Crippen molar-refractivity contribution in [2.75, 3.05) is 45.1 Å². The summed E-state index contributed by atoms with van der Waals surface area (Å²) < 4.78 is 16.1. The van der Waals surface area contributed by atoms with E-state index in [0.717, 1.165) is 37.0 Å². The van der Waals surface area contributed by atoms with Crippen molar-refractivity contribution in [3.63, 3.8) is 0 Å². The van der Waals surface area contributed by atoms with Crippen LogP contribution in [0.4, 0.5) is 0 Å². The summed E-state index contributed by atoms with van der Waals surface area (Å²) >= 11 is 4.07. The van der Waals surface area contributed by atoms with E-state index in [9.17, 15) is 14.4 Å². The Kier molecular flexibility index (Phi) is 18.0. The molecule has 1 amide bonds. The Morgan fingerprint density at radius 1 is 1.03 bits per heavy atom. The number of rotatable bonds is 15. The largest absolute Gasteiger partial charge is 0.338 e. The van der Waals surface area contributed by atoms with Crippen molar-refractivity contribution in [3.8, 4) is 0 Å². The smallest absolute Gasteiger partial charge is 0.329 e. The SMILES string of the molecule is CC(=O)ON1CCCC1=O.CSOCCC(CC=O)(CCOSC)CCOSC. The van der Waals surface area contributed by atoms with Crippen LogP contribution in [0.2, 0.25) is 0 Å². The number of hydroxylamine groups is 2. The minimum Gasteiger partial charge on any atom is -0.338 e. The van der Waals surface area contributed by atoms with E-state index >= 15 is 0 Å². The van der Waals surface area contributed by atoms with Gasteiger partial charge >= 0.3 is 5.97 Å². The Bertz CT molecular complexity index is 442. The van der Waals surface area contributed by atoms with Crippen LogP contribution in [0.5, 0.6) is 0 Å². The lowest BCUT2D eigenvalue weighted by atomic mass is 9.76. The number of carbonyl (C=O) groups is 3. The lowest BCUT2D eigenvalue weighted by Gasteiger charge is -2.31. The first-order valence-electron chi connectivity index (χ1n) is 9.34. The van der Waals surface area contributed by atoms with E-state index < -0.39 is 5.97 Å². The van der Waals surface area contributed by atoms with Crippen LogP contribution in [0.1, 0.15) is 45.4 Å². The maximum absolute atomic E-state index is 11.0. The second kappa shape index (κ2) is 18.3. The summed E-state index contributed by atoms with van der Waals surface area (Å²) in [6.07, 6.45) is 11.0. The van der Waals surface area contributed by atoms with Crippen molar-refractivity contribution in [1.29, 1.82) is 0 Å².